The second-order valence-electron chi connectivity index (χ2n) is 6.07. The van der Waals surface area contributed by atoms with Gasteiger partial charge in [-0.05, 0) is 31.5 Å². The van der Waals surface area contributed by atoms with Gasteiger partial charge in [0, 0.05) is 28.9 Å². The van der Waals surface area contributed by atoms with Gasteiger partial charge in [-0.1, -0.05) is 24.3 Å². The quantitative estimate of drug-likeness (QED) is 0.756. The summed E-state index contributed by atoms with van der Waals surface area (Å²) in [5, 5.41) is 8.03. The lowest BCUT2D eigenvalue weighted by molar-refractivity contribution is -0.142. The molecule has 7 heteroatoms. The Morgan fingerprint density at radius 3 is 2.65 bits per heavy atom. The summed E-state index contributed by atoms with van der Waals surface area (Å²) in [6.45, 7) is 0.826. The first-order valence-electron chi connectivity index (χ1n) is 8.42. The van der Waals surface area contributed by atoms with Gasteiger partial charge >= 0.3 is 5.97 Å². The summed E-state index contributed by atoms with van der Waals surface area (Å²) in [6, 6.07) is 11.4. The summed E-state index contributed by atoms with van der Waals surface area (Å²) in [7, 11) is 1.32. The van der Waals surface area contributed by atoms with Gasteiger partial charge < -0.3 is 20.1 Å². The van der Waals surface area contributed by atoms with E-state index >= 15 is 0 Å². The van der Waals surface area contributed by atoms with Crippen LogP contribution in [0.1, 0.15) is 19.3 Å². The van der Waals surface area contributed by atoms with Gasteiger partial charge in [-0.3, -0.25) is 4.79 Å². The zero-order valence-corrected chi connectivity index (χ0v) is 15.4. The van der Waals surface area contributed by atoms with Crippen LogP contribution in [0.5, 0.6) is 5.75 Å². The maximum absolute atomic E-state index is 12.3. The Hall–Kier alpha value is -2.31. The lowest BCUT2D eigenvalue weighted by Gasteiger charge is -2.14. The second kappa shape index (κ2) is 9.40. The highest BCUT2D eigenvalue weighted by atomic mass is 35.5. The number of amides is 1. The first-order valence-corrected chi connectivity index (χ1v) is 8.42. The number of ether oxygens (including phenoxy) is 2. The van der Waals surface area contributed by atoms with Crippen molar-refractivity contribution in [3.8, 4) is 5.75 Å². The molecular formula is C19H23ClN2O4. The van der Waals surface area contributed by atoms with Crippen molar-refractivity contribution < 1.29 is 19.1 Å². The molecule has 1 heterocycles. The highest BCUT2D eigenvalue weighted by molar-refractivity contribution is 6.04. The van der Waals surface area contributed by atoms with Gasteiger partial charge in [0.1, 0.15) is 5.75 Å². The van der Waals surface area contributed by atoms with Gasteiger partial charge in [-0.25, -0.2) is 4.79 Å². The topological polar surface area (TPSA) is 76.7 Å². The van der Waals surface area contributed by atoms with Gasteiger partial charge in [-0.2, -0.15) is 0 Å². The Balaban J connectivity index is 0.00000243. The minimum Gasteiger partial charge on any atom is -0.481 e. The van der Waals surface area contributed by atoms with E-state index in [1.165, 1.54) is 7.11 Å². The predicted molar refractivity (Wildman–Crippen MR) is 103 cm³/mol. The lowest BCUT2D eigenvalue weighted by atomic mass is 10.1. The van der Waals surface area contributed by atoms with Crippen LogP contribution in [-0.2, 0) is 14.3 Å². The van der Waals surface area contributed by atoms with E-state index in [0.29, 0.717) is 12.2 Å². The first-order chi connectivity index (χ1) is 12.2. The Morgan fingerprint density at radius 2 is 1.96 bits per heavy atom. The standard InChI is InChI=1S/C19H22N2O4.ClH/c1-24-19(23)12-25-17-9-8-16(14-6-2-3-7-15(14)17)21-18(22)11-13-5-4-10-20-13;/h2-3,6-9,13,20H,4-5,10-12H2,1H3,(H,21,22);1H. The fourth-order valence-corrected chi connectivity index (χ4v) is 3.06. The normalized spacial score (nSPS) is 16.0. The number of esters is 1. The molecular weight excluding hydrogens is 356 g/mol. The average Bonchev–Trinajstić information content (AvgIpc) is 3.13. The molecule has 0 bridgehead atoms. The number of halogens is 1. The fraction of sp³-hybridized carbons (Fsp3) is 0.368. The van der Waals surface area contributed by atoms with E-state index in [1.807, 2.05) is 24.3 Å². The number of carbonyl (C=O) groups is 2. The zero-order valence-electron chi connectivity index (χ0n) is 14.6. The molecule has 2 N–H and O–H groups in total. The Bertz CT molecular complexity index is 775. The summed E-state index contributed by atoms with van der Waals surface area (Å²) in [6.07, 6.45) is 2.62. The monoisotopic (exact) mass is 378 g/mol. The van der Waals surface area contributed by atoms with Crippen molar-refractivity contribution in [3.05, 3.63) is 36.4 Å². The van der Waals surface area contributed by atoms with Crippen LogP contribution in [0.4, 0.5) is 5.69 Å². The molecule has 1 aliphatic heterocycles. The number of carbonyl (C=O) groups excluding carboxylic acids is 2. The van der Waals surface area contributed by atoms with Gasteiger partial charge in [-0.15, -0.1) is 12.4 Å². The summed E-state index contributed by atoms with van der Waals surface area (Å²) >= 11 is 0. The molecule has 0 aliphatic carbocycles. The van der Waals surface area contributed by atoms with Crippen molar-refractivity contribution >= 4 is 40.7 Å². The van der Waals surface area contributed by atoms with Crippen molar-refractivity contribution in [2.75, 3.05) is 25.6 Å². The van der Waals surface area contributed by atoms with Crippen LogP contribution >= 0.6 is 12.4 Å². The van der Waals surface area contributed by atoms with Crippen LogP contribution in [0.15, 0.2) is 36.4 Å². The van der Waals surface area contributed by atoms with Crippen LogP contribution in [0.3, 0.4) is 0 Å². The molecule has 26 heavy (non-hydrogen) atoms. The molecule has 6 nitrogen and oxygen atoms in total. The Labute approximate surface area is 158 Å². The number of hydrogen-bond donors (Lipinski definition) is 2. The molecule has 0 spiro atoms. The third kappa shape index (κ3) is 4.86. The SMILES string of the molecule is COC(=O)COc1ccc(NC(=O)CC2CCCN2)c2ccccc12.Cl. The van der Waals surface area contributed by atoms with Crippen LogP contribution in [-0.4, -0.2) is 38.2 Å². The van der Waals surface area contributed by atoms with Crippen molar-refractivity contribution in [2.45, 2.75) is 25.3 Å². The number of rotatable bonds is 6. The first kappa shape index (κ1) is 20.0. The molecule has 1 aliphatic rings. The van der Waals surface area contributed by atoms with Gasteiger partial charge in [0.2, 0.25) is 5.91 Å². The molecule has 1 saturated heterocycles. The lowest BCUT2D eigenvalue weighted by Crippen LogP contribution is -2.27. The Kier molecular flexibility index (Phi) is 7.24. The molecule has 2 aromatic rings. The summed E-state index contributed by atoms with van der Waals surface area (Å²) in [4.78, 5) is 23.6. The third-order valence-corrected chi connectivity index (χ3v) is 4.33. The van der Waals surface area contributed by atoms with Gasteiger partial charge in [0.05, 0.1) is 7.11 Å². The van der Waals surface area contributed by atoms with E-state index in [0.717, 1.165) is 35.8 Å². The van der Waals surface area contributed by atoms with Gasteiger partial charge in [0.25, 0.3) is 0 Å². The average molecular weight is 379 g/mol. The van der Waals surface area contributed by atoms with Crippen molar-refractivity contribution in [1.29, 1.82) is 0 Å². The van der Waals surface area contributed by atoms with Crippen molar-refractivity contribution in [2.24, 2.45) is 0 Å². The van der Waals surface area contributed by atoms with Crippen LogP contribution in [0, 0.1) is 0 Å². The molecule has 1 amide bonds. The van der Waals surface area contributed by atoms with E-state index in [2.05, 4.69) is 15.4 Å². The van der Waals surface area contributed by atoms with E-state index < -0.39 is 5.97 Å². The number of nitrogens with one attached hydrogen (secondary N) is 2. The van der Waals surface area contributed by atoms with E-state index in [4.69, 9.17) is 4.74 Å². The number of methoxy groups -OCH3 is 1. The molecule has 3 rings (SSSR count). The second-order valence-corrected chi connectivity index (χ2v) is 6.07. The molecule has 1 unspecified atom stereocenters. The maximum atomic E-state index is 12.3. The molecule has 1 atom stereocenters. The van der Waals surface area contributed by atoms with Crippen LogP contribution in [0.25, 0.3) is 10.8 Å². The molecule has 1 fully saturated rings. The van der Waals surface area contributed by atoms with Gasteiger partial charge in [0.15, 0.2) is 6.61 Å². The fourth-order valence-electron chi connectivity index (χ4n) is 3.06. The third-order valence-electron chi connectivity index (χ3n) is 4.33. The molecule has 0 saturated carbocycles. The Morgan fingerprint density at radius 1 is 1.19 bits per heavy atom. The van der Waals surface area contributed by atoms with Crippen LogP contribution < -0.4 is 15.4 Å². The van der Waals surface area contributed by atoms with E-state index in [1.54, 1.807) is 12.1 Å². The van der Waals surface area contributed by atoms with E-state index in [-0.39, 0.29) is 31.0 Å². The van der Waals surface area contributed by atoms with E-state index in [9.17, 15) is 9.59 Å². The molecule has 0 aromatic heterocycles. The number of hydrogen-bond acceptors (Lipinski definition) is 5. The zero-order chi connectivity index (χ0) is 17.6. The highest BCUT2D eigenvalue weighted by Gasteiger charge is 2.18. The summed E-state index contributed by atoms with van der Waals surface area (Å²) in [5.41, 5.74) is 0.740. The predicted octanol–water partition coefficient (Wildman–Crippen LogP) is 2.89. The maximum Gasteiger partial charge on any atom is 0.343 e. The highest BCUT2D eigenvalue weighted by Crippen LogP contribution is 2.31. The molecule has 0 radical (unpaired) electrons. The minimum atomic E-state index is -0.439. The number of anilines is 1. The minimum absolute atomic E-state index is 0. The summed E-state index contributed by atoms with van der Waals surface area (Å²) < 4.78 is 10.1. The largest absolute Gasteiger partial charge is 0.481 e. The smallest absolute Gasteiger partial charge is 0.343 e. The molecule has 140 valence electrons. The van der Waals surface area contributed by atoms with Crippen LogP contribution in [0.2, 0.25) is 0 Å². The molecule has 2 aromatic carbocycles. The summed E-state index contributed by atoms with van der Waals surface area (Å²) in [5.74, 6) is 0.134. The number of benzene rings is 2. The van der Waals surface area contributed by atoms with Crippen molar-refractivity contribution in [1.82, 2.24) is 5.32 Å². The van der Waals surface area contributed by atoms with Crippen molar-refractivity contribution in [3.63, 3.8) is 0 Å². The number of fused-ring (bicyclic) bond motifs is 1.